The highest BCUT2D eigenvalue weighted by Gasteiger charge is 2.15. The van der Waals surface area contributed by atoms with Gasteiger partial charge in [0.05, 0.1) is 0 Å². The van der Waals surface area contributed by atoms with Gasteiger partial charge in [0.1, 0.15) is 0 Å². The molecule has 0 bridgehead atoms. The van der Waals surface area contributed by atoms with Crippen LogP contribution in [0.3, 0.4) is 0 Å². The Morgan fingerprint density at radius 2 is 1.70 bits per heavy atom. The summed E-state index contributed by atoms with van der Waals surface area (Å²) in [6.07, 6.45) is 5.79. The third-order valence-corrected chi connectivity index (χ3v) is 4.25. The Bertz CT molecular complexity index is 714. The average molecular weight is 262 g/mol. The minimum absolute atomic E-state index is 1.10. The van der Waals surface area contributed by atoms with Gasteiger partial charge >= 0.3 is 0 Å². The van der Waals surface area contributed by atoms with Crippen LogP contribution in [-0.2, 0) is 6.42 Å². The monoisotopic (exact) mass is 262 g/mol. The van der Waals surface area contributed by atoms with Crippen LogP contribution in [0.5, 0.6) is 0 Å². The van der Waals surface area contributed by atoms with Crippen LogP contribution in [-0.4, -0.2) is 0 Å². The van der Waals surface area contributed by atoms with Gasteiger partial charge in [0.15, 0.2) is 0 Å². The van der Waals surface area contributed by atoms with Crippen LogP contribution in [0.4, 0.5) is 0 Å². The molecule has 1 aliphatic carbocycles. The van der Waals surface area contributed by atoms with Crippen molar-refractivity contribution < 1.29 is 0 Å². The molecular weight excluding hydrogens is 240 g/mol. The van der Waals surface area contributed by atoms with Crippen molar-refractivity contribution in [1.29, 1.82) is 0 Å². The second-order valence-corrected chi connectivity index (χ2v) is 5.90. The maximum Gasteiger partial charge on any atom is -0.00579 e. The lowest BCUT2D eigenvalue weighted by Crippen LogP contribution is -1.92. The molecule has 1 aliphatic rings. The van der Waals surface area contributed by atoms with Gasteiger partial charge in [-0.1, -0.05) is 61.4 Å². The first-order valence-electron chi connectivity index (χ1n) is 7.58. The van der Waals surface area contributed by atoms with Crippen LogP contribution in [0.1, 0.15) is 44.7 Å². The van der Waals surface area contributed by atoms with Crippen molar-refractivity contribution in [2.75, 3.05) is 0 Å². The number of hydrogen-bond donors (Lipinski definition) is 0. The molecule has 0 saturated carbocycles. The van der Waals surface area contributed by atoms with Gasteiger partial charge in [0, 0.05) is 0 Å². The van der Waals surface area contributed by atoms with Gasteiger partial charge in [-0.3, -0.25) is 0 Å². The lowest BCUT2D eigenvalue weighted by molar-refractivity contribution is 0.929. The summed E-state index contributed by atoms with van der Waals surface area (Å²) in [7, 11) is 0. The zero-order chi connectivity index (χ0) is 14.1. The number of aryl methyl sites for hydroxylation is 1. The Morgan fingerprint density at radius 1 is 0.950 bits per heavy atom. The molecule has 0 heteroatoms. The molecule has 0 spiro atoms. The number of rotatable bonds is 3. The molecular formula is C20H22. The number of benzene rings is 2. The topological polar surface area (TPSA) is 0 Å². The van der Waals surface area contributed by atoms with Crippen molar-refractivity contribution in [3.63, 3.8) is 0 Å². The van der Waals surface area contributed by atoms with Gasteiger partial charge < -0.3 is 0 Å². The lowest BCUT2D eigenvalue weighted by Gasteiger charge is -2.13. The predicted octanol–water partition coefficient (Wildman–Crippen LogP) is 5.92. The normalized spacial score (nSPS) is 15.1. The van der Waals surface area contributed by atoms with Crippen molar-refractivity contribution in [3.05, 3.63) is 64.7 Å². The number of fused-ring (bicyclic) bond motifs is 1. The number of allylic oxidation sites excluding steroid dienone is 4. The van der Waals surface area contributed by atoms with Gasteiger partial charge in [-0.15, -0.1) is 0 Å². The Kier molecular flexibility index (Phi) is 3.48. The summed E-state index contributed by atoms with van der Waals surface area (Å²) in [6.45, 7) is 6.71. The van der Waals surface area contributed by atoms with E-state index in [1.54, 1.807) is 0 Å². The van der Waals surface area contributed by atoms with Crippen molar-refractivity contribution >= 4 is 16.3 Å². The fourth-order valence-electron chi connectivity index (χ4n) is 3.35. The largest absolute Gasteiger partial charge is 0.0686 e. The molecule has 0 heterocycles. The molecule has 0 nitrogen and oxygen atoms in total. The summed E-state index contributed by atoms with van der Waals surface area (Å²) in [5.74, 6) is 0. The highest BCUT2D eigenvalue weighted by Crippen LogP contribution is 2.37. The maximum absolute atomic E-state index is 2.33. The van der Waals surface area contributed by atoms with Gasteiger partial charge in [-0.05, 0) is 59.7 Å². The molecule has 0 aromatic heterocycles. The number of hydrogen-bond acceptors (Lipinski definition) is 0. The van der Waals surface area contributed by atoms with Gasteiger partial charge in [-0.25, -0.2) is 0 Å². The molecule has 0 N–H and O–H groups in total. The molecule has 0 amide bonds. The van der Waals surface area contributed by atoms with Crippen LogP contribution >= 0.6 is 0 Å². The van der Waals surface area contributed by atoms with E-state index in [-0.39, 0.29) is 0 Å². The zero-order valence-corrected chi connectivity index (χ0v) is 12.7. The first-order chi connectivity index (χ1) is 9.70. The Labute approximate surface area is 121 Å². The fraction of sp³-hybridized carbons (Fsp3) is 0.300. The summed E-state index contributed by atoms with van der Waals surface area (Å²) in [5.41, 5.74) is 7.30. The zero-order valence-electron chi connectivity index (χ0n) is 12.7. The molecule has 0 aliphatic heterocycles. The van der Waals surface area contributed by atoms with Gasteiger partial charge in [0.25, 0.3) is 0 Å². The summed E-state index contributed by atoms with van der Waals surface area (Å²) < 4.78 is 0. The van der Waals surface area contributed by atoms with E-state index < -0.39 is 0 Å². The van der Waals surface area contributed by atoms with Gasteiger partial charge in [0.2, 0.25) is 0 Å². The molecule has 102 valence electrons. The average Bonchev–Trinajstić information content (AvgIpc) is 2.78. The molecule has 0 atom stereocenters. The SMILES string of the molecule is CCCc1ccc(C2=C(C)C=C(C)C2)c2ccccc12. The van der Waals surface area contributed by atoms with Crippen molar-refractivity contribution in [1.82, 2.24) is 0 Å². The van der Waals surface area contributed by atoms with E-state index in [2.05, 4.69) is 63.2 Å². The molecule has 3 rings (SSSR count). The first kappa shape index (κ1) is 13.2. The van der Waals surface area contributed by atoms with Crippen LogP contribution in [0, 0.1) is 0 Å². The highest BCUT2D eigenvalue weighted by molar-refractivity contribution is 5.97. The highest BCUT2D eigenvalue weighted by atomic mass is 14.2. The van der Waals surface area contributed by atoms with Crippen molar-refractivity contribution in [2.24, 2.45) is 0 Å². The van der Waals surface area contributed by atoms with Crippen molar-refractivity contribution in [3.8, 4) is 0 Å². The van der Waals surface area contributed by atoms with E-state index >= 15 is 0 Å². The Balaban J connectivity index is 2.19. The predicted molar refractivity (Wildman–Crippen MR) is 88.9 cm³/mol. The van der Waals surface area contributed by atoms with E-state index in [1.165, 1.54) is 45.0 Å². The maximum atomic E-state index is 2.33. The smallest absolute Gasteiger partial charge is 0.00579 e. The Hall–Kier alpha value is -1.82. The van der Waals surface area contributed by atoms with Crippen LogP contribution in [0.25, 0.3) is 16.3 Å². The summed E-state index contributed by atoms with van der Waals surface area (Å²) >= 11 is 0. The third-order valence-electron chi connectivity index (χ3n) is 4.25. The second-order valence-electron chi connectivity index (χ2n) is 5.90. The van der Waals surface area contributed by atoms with Crippen LogP contribution in [0.2, 0.25) is 0 Å². The van der Waals surface area contributed by atoms with E-state index in [0.29, 0.717) is 0 Å². The fourth-order valence-corrected chi connectivity index (χ4v) is 3.35. The molecule has 2 aromatic carbocycles. The summed E-state index contributed by atoms with van der Waals surface area (Å²) in [4.78, 5) is 0. The van der Waals surface area contributed by atoms with E-state index in [1.807, 2.05) is 0 Å². The first-order valence-corrected chi connectivity index (χ1v) is 7.58. The minimum atomic E-state index is 1.10. The quantitative estimate of drug-likeness (QED) is 0.644. The van der Waals surface area contributed by atoms with Crippen LogP contribution in [0.15, 0.2) is 53.6 Å². The standard InChI is InChI=1S/C20H22/c1-4-7-16-10-11-19(18-9-6-5-8-17(16)18)20-13-14(2)12-15(20)3/h5-6,8-12H,4,7,13H2,1-3H3. The summed E-state index contributed by atoms with van der Waals surface area (Å²) in [5, 5.41) is 2.84. The van der Waals surface area contributed by atoms with E-state index in [9.17, 15) is 0 Å². The molecule has 0 unspecified atom stereocenters. The van der Waals surface area contributed by atoms with E-state index in [0.717, 1.165) is 12.8 Å². The molecule has 20 heavy (non-hydrogen) atoms. The minimum Gasteiger partial charge on any atom is -0.0686 e. The lowest BCUT2D eigenvalue weighted by atomic mass is 9.91. The van der Waals surface area contributed by atoms with E-state index in [4.69, 9.17) is 0 Å². The van der Waals surface area contributed by atoms with Crippen molar-refractivity contribution in [2.45, 2.75) is 40.0 Å². The third kappa shape index (κ3) is 2.20. The molecule has 0 fully saturated rings. The second kappa shape index (κ2) is 5.28. The summed E-state index contributed by atoms with van der Waals surface area (Å²) in [6, 6.07) is 13.5. The van der Waals surface area contributed by atoms with Crippen LogP contribution < -0.4 is 0 Å². The Morgan fingerprint density at radius 3 is 2.35 bits per heavy atom. The van der Waals surface area contributed by atoms with Gasteiger partial charge in [-0.2, -0.15) is 0 Å². The molecule has 2 aromatic rings. The molecule has 0 saturated heterocycles. The molecule has 0 radical (unpaired) electrons.